The van der Waals surface area contributed by atoms with Gasteiger partial charge in [-0.2, -0.15) is 0 Å². The zero-order valence-electron chi connectivity index (χ0n) is 20.5. The quantitative estimate of drug-likeness (QED) is 0.517. The smallest absolute Gasteiger partial charge is 0.274 e. The van der Waals surface area contributed by atoms with Crippen LogP contribution in [-0.2, 0) is 15.1 Å². The van der Waals surface area contributed by atoms with Crippen LogP contribution in [0.3, 0.4) is 0 Å². The molecule has 0 radical (unpaired) electrons. The van der Waals surface area contributed by atoms with Gasteiger partial charge in [0.15, 0.2) is 5.17 Å². The van der Waals surface area contributed by atoms with E-state index in [2.05, 4.69) is 15.3 Å². The number of amides is 2. The van der Waals surface area contributed by atoms with Crippen LogP contribution < -0.4 is 11.1 Å². The van der Waals surface area contributed by atoms with E-state index < -0.39 is 34.6 Å². The molecule has 38 heavy (non-hydrogen) atoms. The van der Waals surface area contributed by atoms with Crippen LogP contribution >= 0.6 is 23.4 Å². The first-order chi connectivity index (χ1) is 18.2. The van der Waals surface area contributed by atoms with Gasteiger partial charge in [0.2, 0.25) is 5.91 Å². The number of rotatable bonds is 6. The number of morpholine rings is 1. The number of pyridine rings is 1. The van der Waals surface area contributed by atoms with Crippen molar-refractivity contribution in [2.45, 2.75) is 23.6 Å². The average molecular weight is 562 g/mol. The summed E-state index contributed by atoms with van der Waals surface area (Å²) in [6, 6.07) is 6.92. The molecule has 2 fully saturated rings. The van der Waals surface area contributed by atoms with Gasteiger partial charge in [-0.1, -0.05) is 29.4 Å². The molecular weight excluding hydrogens is 536 g/mol. The number of alkyl halides is 1. The Balaban J connectivity index is 1.44. The van der Waals surface area contributed by atoms with E-state index in [0.29, 0.717) is 43.3 Å². The molecule has 2 aromatic rings. The minimum atomic E-state index is -1.60. The van der Waals surface area contributed by atoms with Crippen molar-refractivity contribution < 1.29 is 23.1 Å². The number of benzene rings is 1. The van der Waals surface area contributed by atoms with E-state index in [-0.39, 0.29) is 28.0 Å². The largest absolute Gasteiger partial charge is 0.378 e. The molecule has 3 heterocycles. The Morgan fingerprint density at radius 1 is 1.32 bits per heavy atom. The topological polar surface area (TPSA) is 110 Å². The summed E-state index contributed by atoms with van der Waals surface area (Å²) < 4.78 is 34.8. The predicted molar refractivity (Wildman–Crippen MR) is 142 cm³/mol. The number of nitrogens with zero attached hydrogens (tertiary/aromatic N) is 3. The summed E-state index contributed by atoms with van der Waals surface area (Å²) in [4.78, 5) is 35.8. The second-order valence-electron chi connectivity index (χ2n) is 9.56. The predicted octanol–water partition coefficient (Wildman–Crippen LogP) is 3.92. The first-order valence-corrected chi connectivity index (χ1v) is 13.3. The highest BCUT2D eigenvalue weighted by atomic mass is 35.5. The standard InChI is InChI=1S/C26H26ClF2N5O3S/c1-15(23(36)34-6-8-37-9-7-34)11-25-12-21(25)26(14-28,33-24(30)38-25)18-10-17(3-4-19(18)29)32-22(35)20-5-2-16(27)13-31-20/h2-5,10-11,13,21H,6-9,12,14H2,1H3,(H2,30,33)(H,32,35)/b15-11-/t21-,25+,26-/m1/s1. The molecule has 1 saturated carbocycles. The van der Waals surface area contributed by atoms with Gasteiger partial charge >= 0.3 is 0 Å². The summed E-state index contributed by atoms with van der Waals surface area (Å²) >= 11 is 7.10. The minimum Gasteiger partial charge on any atom is -0.378 e. The summed E-state index contributed by atoms with van der Waals surface area (Å²) in [6.07, 6.45) is 3.62. The summed E-state index contributed by atoms with van der Waals surface area (Å²) in [6.45, 7) is 2.68. The lowest BCUT2D eigenvalue weighted by Crippen LogP contribution is -2.42. The van der Waals surface area contributed by atoms with Crippen LogP contribution in [0.2, 0.25) is 5.02 Å². The summed E-state index contributed by atoms with van der Waals surface area (Å²) in [5, 5.41) is 3.16. The number of hydrogen-bond acceptors (Lipinski definition) is 7. The lowest BCUT2D eigenvalue weighted by atomic mass is 9.84. The number of carbonyl (C=O) groups excluding carboxylic acids is 2. The SMILES string of the molecule is C/C(=C/[C@]12C[C@H]1[C@@](CF)(c1cc(NC(=O)c3ccc(Cl)cn3)ccc1F)N=C(N)S2)C(=O)N1CCOCC1. The number of fused-ring (bicyclic) bond motifs is 1. The molecule has 200 valence electrons. The molecule has 8 nitrogen and oxygen atoms in total. The van der Waals surface area contributed by atoms with Gasteiger partial charge in [-0.3, -0.25) is 9.59 Å². The zero-order chi connectivity index (χ0) is 27.1. The zero-order valence-corrected chi connectivity index (χ0v) is 22.1. The second kappa shape index (κ2) is 10.3. The van der Waals surface area contributed by atoms with Crippen molar-refractivity contribution in [3.8, 4) is 0 Å². The molecule has 0 unspecified atom stereocenters. The van der Waals surface area contributed by atoms with Gasteiger partial charge in [-0.05, 0) is 43.7 Å². The average Bonchev–Trinajstić information content (AvgIpc) is 3.63. The van der Waals surface area contributed by atoms with Crippen molar-refractivity contribution in [1.29, 1.82) is 0 Å². The van der Waals surface area contributed by atoms with Crippen LogP contribution in [0.25, 0.3) is 0 Å². The third-order valence-corrected chi connectivity index (χ3v) is 8.56. The molecule has 1 aromatic heterocycles. The molecule has 1 aromatic carbocycles. The van der Waals surface area contributed by atoms with E-state index in [9.17, 15) is 14.0 Å². The highest BCUT2D eigenvalue weighted by Gasteiger charge is 2.67. The second-order valence-corrected chi connectivity index (χ2v) is 11.4. The molecule has 2 amide bonds. The highest BCUT2D eigenvalue weighted by molar-refractivity contribution is 8.15. The van der Waals surface area contributed by atoms with Crippen molar-refractivity contribution >= 4 is 46.0 Å². The van der Waals surface area contributed by atoms with Crippen LogP contribution in [0.4, 0.5) is 14.5 Å². The molecule has 0 bridgehead atoms. The summed E-state index contributed by atoms with van der Waals surface area (Å²) in [5.41, 5.74) is 5.44. The number of nitrogens with two attached hydrogens (primary N) is 1. The van der Waals surface area contributed by atoms with Crippen molar-refractivity contribution in [2.75, 3.05) is 38.3 Å². The van der Waals surface area contributed by atoms with Crippen LogP contribution in [0, 0.1) is 11.7 Å². The summed E-state index contributed by atoms with van der Waals surface area (Å²) in [7, 11) is 0. The highest BCUT2D eigenvalue weighted by Crippen LogP contribution is 2.67. The Bertz CT molecular complexity index is 1330. The van der Waals surface area contributed by atoms with Crippen LogP contribution in [0.15, 0.2) is 53.2 Å². The number of ether oxygens (including phenoxy) is 1. The maximum atomic E-state index is 15.3. The van der Waals surface area contributed by atoms with E-state index in [4.69, 9.17) is 22.1 Å². The fourth-order valence-electron chi connectivity index (χ4n) is 5.15. The molecule has 5 rings (SSSR count). The van der Waals surface area contributed by atoms with Crippen LogP contribution in [0.5, 0.6) is 0 Å². The van der Waals surface area contributed by atoms with Crippen molar-refractivity contribution in [3.63, 3.8) is 0 Å². The molecule has 1 aliphatic carbocycles. The van der Waals surface area contributed by atoms with Crippen molar-refractivity contribution in [3.05, 3.63) is 70.3 Å². The lowest BCUT2D eigenvalue weighted by Gasteiger charge is -2.35. The molecular formula is C26H26ClF2N5O3S. The number of anilines is 1. The van der Waals surface area contributed by atoms with Gasteiger partial charge < -0.3 is 20.7 Å². The Morgan fingerprint density at radius 2 is 2.08 bits per heavy atom. The monoisotopic (exact) mass is 561 g/mol. The Hall–Kier alpha value is -3.02. The van der Waals surface area contributed by atoms with Crippen LogP contribution in [0.1, 0.15) is 29.4 Å². The fraction of sp³-hybridized carbons (Fsp3) is 0.385. The maximum absolute atomic E-state index is 15.3. The molecule has 3 atom stereocenters. The Kier molecular flexibility index (Phi) is 7.19. The molecule has 2 aliphatic heterocycles. The number of amidine groups is 1. The van der Waals surface area contributed by atoms with E-state index in [0.717, 1.165) is 6.07 Å². The van der Waals surface area contributed by atoms with Gasteiger partial charge in [0.1, 0.15) is 23.7 Å². The van der Waals surface area contributed by atoms with Gasteiger partial charge in [0.05, 0.1) is 18.2 Å². The number of carbonyl (C=O) groups is 2. The molecule has 1 saturated heterocycles. The van der Waals surface area contributed by atoms with E-state index in [1.165, 1.54) is 42.2 Å². The van der Waals surface area contributed by atoms with Crippen molar-refractivity contribution in [1.82, 2.24) is 9.88 Å². The Morgan fingerprint density at radius 3 is 2.76 bits per heavy atom. The number of halogens is 3. The normalized spacial score (nSPS) is 26.8. The van der Waals surface area contributed by atoms with Gasteiger partial charge in [0, 0.05) is 46.8 Å². The molecule has 3 N–H and O–H groups in total. The maximum Gasteiger partial charge on any atom is 0.274 e. The van der Waals surface area contributed by atoms with E-state index in [1.807, 2.05) is 6.08 Å². The minimum absolute atomic E-state index is 0.0115. The van der Waals surface area contributed by atoms with Gasteiger partial charge in [0.25, 0.3) is 5.91 Å². The van der Waals surface area contributed by atoms with Crippen LogP contribution in [-0.4, -0.2) is 64.6 Å². The van der Waals surface area contributed by atoms with E-state index in [1.54, 1.807) is 11.8 Å². The molecule has 3 aliphatic rings. The van der Waals surface area contributed by atoms with E-state index >= 15 is 4.39 Å². The number of nitrogens with one attached hydrogen (secondary N) is 1. The number of aromatic nitrogens is 1. The number of aliphatic imine (C=N–C) groups is 1. The first-order valence-electron chi connectivity index (χ1n) is 12.1. The van der Waals surface area contributed by atoms with Gasteiger partial charge in [-0.25, -0.2) is 18.8 Å². The fourth-order valence-corrected chi connectivity index (χ4v) is 6.69. The summed E-state index contributed by atoms with van der Waals surface area (Å²) in [5.74, 6) is -1.76. The Labute approximate surface area is 227 Å². The van der Waals surface area contributed by atoms with Crippen molar-refractivity contribution in [2.24, 2.45) is 16.6 Å². The molecule has 12 heteroatoms. The third kappa shape index (κ3) is 4.90. The first kappa shape index (κ1) is 26.6. The lowest BCUT2D eigenvalue weighted by molar-refractivity contribution is -0.131. The molecule has 0 spiro atoms. The third-order valence-electron chi connectivity index (χ3n) is 7.08. The number of thioether (sulfide) groups is 1. The van der Waals surface area contributed by atoms with Gasteiger partial charge in [-0.15, -0.1) is 0 Å². The number of hydrogen-bond donors (Lipinski definition) is 2.